The first kappa shape index (κ1) is 19.6. The lowest BCUT2D eigenvalue weighted by Gasteiger charge is -2.25. The van der Waals surface area contributed by atoms with Crippen molar-refractivity contribution in [1.29, 1.82) is 0 Å². The Bertz CT molecular complexity index is 1080. The second-order valence-electron chi connectivity index (χ2n) is 7.20. The Balaban J connectivity index is 1.67. The molecule has 152 valence electrons. The van der Waals surface area contributed by atoms with E-state index in [9.17, 15) is 0 Å². The molecule has 3 aromatic carbocycles. The summed E-state index contributed by atoms with van der Waals surface area (Å²) in [7, 11) is 3.35. The number of aromatic nitrogens is 1. The molecular formula is C25H25N3O2. The first-order chi connectivity index (χ1) is 14.6. The zero-order valence-corrected chi connectivity index (χ0v) is 17.2. The zero-order valence-electron chi connectivity index (χ0n) is 17.2. The van der Waals surface area contributed by atoms with Crippen molar-refractivity contribution in [1.82, 2.24) is 4.98 Å². The number of benzene rings is 3. The maximum atomic E-state index is 5.99. The molecule has 4 aromatic rings. The molecule has 0 unspecified atom stereocenters. The molecule has 0 aliphatic carbocycles. The molecule has 0 fully saturated rings. The Morgan fingerprint density at radius 3 is 1.83 bits per heavy atom. The van der Waals surface area contributed by atoms with Gasteiger partial charge in [-0.05, 0) is 59.0 Å². The minimum Gasteiger partial charge on any atom is -0.497 e. The van der Waals surface area contributed by atoms with Gasteiger partial charge in [0.25, 0.3) is 0 Å². The van der Waals surface area contributed by atoms with Crippen molar-refractivity contribution in [2.24, 2.45) is 0 Å². The van der Waals surface area contributed by atoms with Crippen molar-refractivity contribution in [3.05, 3.63) is 90.1 Å². The van der Waals surface area contributed by atoms with Gasteiger partial charge in [-0.25, -0.2) is 4.98 Å². The van der Waals surface area contributed by atoms with E-state index in [1.807, 2.05) is 48.7 Å². The number of anilines is 2. The smallest absolute Gasteiger partial charge is 0.129 e. The van der Waals surface area contributed by atoms with Gasteiger partial charge in [0, 0.05) is 30.4 Å². The molecule has 0 amide bonds. The average Bonchev–Trinajstić information content (AvgIpc) is 2.79. The number of hydrogen-bond acceptors (Lipinski definition) is 5. The van der Waals surface area contributed by atoms with Crippen LogP contribution in [-0.4, -0.2) is 19.2 Å². The summed E-state index contributed by atoms with van der Waals surface area (Å²) in [4.78, 5) is 6.99. The van der Waals surface area contributed by atoms with Crippen LogP contribution in [0.2, 0.25) is 0 Å². The van der Waals surface area contributed by atoms with Crippen LogP contribution < -0.4 is 20.1 Å². The maximum absolute atomic E-state index is 5.99. The summed E-state index contributed by atoms with van der Waals surface area (Å²) in [5.74, 6) is 2.60. The Morgan fingerprint density at radius 1 is 0.733 bits per heavy atom. The highest BCUT2D eigenvalue weighted by molar-refractivity contribution is 5.86. The Morgan fingerprint density at radius 2 is 1.30 bits per heavy atom. The van der Waals surface area contributed by atoms with Gasteiger partial charge in [-0.1, -0.05) is 30.3 Å². The van der Waals surface area contributed by atoms with Crippen molar-refractivity contribution in [2.75, 3.05) is 24.9 Å². The predicted molar refractivity (Wildman–Crippen MR) is 122 cm³/mol. The summed E-state index contributed by atoms with van der Waals surface area (Å²) in [5.41, 5.74) is 9.10. The van der Waals surface area contributed by atoms with E-state index in [-0.39, 0.29) is 0 Å². The molecule has 5 nitrogen and oxygen atoms in total. The van der Waals surface area contributed by atoms with Gasteiger partial charge in [0.2, 0.25) is 0 Å². The summed E-state index contributed by atoms with van der Waals surface area (Å²) in [6.07, 6.45) is 1.90. The molecule has 30 heavy (non-hydrogen) atoms. The van der Waals surface area contributed by atoms with Crippen molar-refractivity contribution >= 4 is 22.3 Å². The van der Waals surface area contributed by atoms with Crippen LogP contribution in [-0.2, 0) is 13.1 Å². The van der Waals surface area contributed by atoms with E-state index in [1.165, 1.54) is 11.1 Å². The number of methoxy groups -OCH3 is 2. The molecule has 1 aromatic heterocycles. The number of ether oxygens (including phenoxy) is 2. The fraction of sp³-hybridized carbons (Fsp3) is 0.160. The van der Waals surface area contributed by atoms with Crippen molar-refractivity contribution in [3.8, 4) is 11.5 Å². The Kier molecular flexibility index (Phi) is 5.70. The van der Waals surface area contributed by atoms with Crippen LogP contribution in [0.3, 0.4) is 0 Å². The number of pyridine rings is 1. The molecule has 0 atom stereocenters. The van der Waals surface area contributed by atoms with Gasteiger partial charge in [0.1, 0.15) is 17.3 Å². The van der Waals surface area contributed by atoms with Crippen molar-refractivity contribution in [3.63, 3.8) is 0 Å². The SMILES string of the molecule is COc1ccc(CN(Cc2ccc(OC)cc2)c2cc3cc(N)ccc3cn2)cc1. The van der Waals surface area contributed by atoms with Gasteiger partial charge in [-0.3, -0.25) is 0 Å². The monoisotopic (exact) mass is 399 g/mol. The molecule has 5 heteroatoms. The van der Waals surface area contributed by atoms with E-state index < -0.39 is 0 Å². The van der Waals surface area contributed by atoms with Gasteiger partial charge in [-0.2, -0.15) is 0 Å². The van der Waals surface area contributed by atoms with Crippen LogP contribution in [0.5, 0.6) is 11.5 Å². The lowest BCUT2D eigenvalue weighted by molar-refractivity contribution is 0.414. The van der Waals surface area contributed by atoms with E-state index in [2.05, 4.69) is 35.2 Å². The molecule has 0 radical (unpaired) electrons. The third-order valence-corrected chi connectivity index (χ3v) is 5.12. The summed E-state index contributed by atoms with van der Waals surface area (Å²) >= 11 is 0. The van der Waals surface area contributed by atoms with Crippen LogP contribution in [0.15, 0.2) is 79.0 Å². The summed E-state index contributed by atoms with van der Waals surface area (Å²) in [5, 5.41) is 2.15. The third kappa shape index (κ3) is 4.46. The lowest BCUT2D eigenvalue weighted by Crippen LogP contribution is -2.23. The summed E-state index contributed by atoms with van der Waals surface area (Å²) in [6.45, 7) is 1.44. The summed E-state index contributed by atoms with van der Waals surface area (Å²) in [6, 6.07) is 24.2. The number of rotatable bonds is 7. The molecule has 4 rings (SSSR count). The van der Waals surface area contributed by atoms with E-state index in [0.717, 1.165) is 46.9 Å². The fourth-order valence-corrected chi connectivity index (χ4v) is 3.44. The van der Waals surface area contributed by atoms with E-state index in [4.69, 9.17) is 20.2 Å². The largest absolute Gasteiger partial charge is 0.497 e. The van der Waals surface area contributed by atoms with Gasteiger partial charge >= 0.3 is 0 Å². The van der Waals surface area contributed by atoms with Crippen molar-refractivity contribution < 1.29 is 9.47 Å². The standard InChI is InChI=1S/C25H25N3O2/c1-29-23-9-3-18(4-10-23)16-28(17-19-5-11-24(30-2)12-6-19)25-14-21-13-22(26)8-7-20(21)15-27-25/h3-15H,16-17,26H2,1-2H3. The average molecular weight is 399 g/mol. The third-order valence-electron chi connectivity index (χ3n) is 5.12. The minimum absolute atomic E-state index is 0.719. The lowest BCUT2D eigenvalue weighted by atomic mass is 10.1. The molecule has 0 aliphatic heterocycles. The Labute approximate surface area is 176 Å². The molecule has 0 aliphatic rings. The first-order valence-electron chi connectivity index (χ1n) is 9.81. The minimum atomic E-state index is 0.719. The quantitative estimate of drug-likeness (QED) is 0.441. The normalized spacial score (nSPS) is 10.7. The first-order valence-corrected chi connectivity index (χ1v) is 9.81. The van der Waals surface area contributed by atoms with Crippen LogP contribution in [0.4, 0.5) is 11.5 Å². The summed E-state index contributed by atoms with van der Waals surface area (Å²) < 4.78 is 10.6. The number of nitrogen functional groups attached to an aromatic ring is 1. The van der Waals surface area contributed by atoms with Crippen LogP contribution in [0.1, 0.15) is 11.1 Å². The van der Waals surface area contributed by atoms with Gasteiger partial charge in [0.05, 0.1) is 14.2 Å². The highest BCUT2D eigenvalue weighted by Gasteiger charge is 2.12. The molecular weight excluding hydrogens is 374 g/mol. The molecule has 0 bridgehead atoms. The zero-order chi connectivity index (χ0) is 20.9. The van der Waals surface area contributed by atoms with E-state index in [0.29, 0.717) is 0 Å². The molecule has 0 saturated heterocycles. The second-order valence-corrected chi connectivity index (χ2v) is 7.20. The van der Waals surface area contributed by atoms with Gasteiger partial charge < -0.3 is 20.1 Å². The van der Waals surface area contributed by atoms with E-state index in [1.54, 1.807) is 14.2 Å². The molecule has 0 spiro atoms. The van der Waals surface area contributed by atoms with Gasteiger partial charge in [0.15, 0.2) is 0 Å². The van der Waals surface area contributed by atoms with Gasteiger partial charge in [-0.15, -0.1) is 0 Å². The number of hydrogen-bond donors (Lipinski definition) is 1. The van der Waals surface area contributed by atoms with Crippen molar-refractivity contribution in [2.45, 2.75) is 13.1 Å². The number of fused-ring (bicyclic) bond motifs is 1. The predicted octanol–water partition coefficient (Wildman–Crippen LogP) is 5.04. The Hall–Kier alpha value is -3.73. The van der Waals surface area contributed by atoms with Crippen LogP contribution in [0, 0.1) is 0 Å². The molecule has 0 saturated carbocycles. The van der Waals surface area contributed by atoms with Crippen LogP contribution in [0.25, 0.3) is 10.8 Å². The fourth-order valence-electron chi connectivity index (χ4n) is 3.44. The van der Waals surface area contributed by atoms with Crippen LogP contribution >= 0.6 is 0 Å². The highest BCUT2D eigenvalue weighted by Crippen LogP contribution is 2.25. The molecule has 1 heterocycles. The maximum Gasteiger partial charge on any atom is 0.129 e. The second kappa shape index (κ2) is 8.74. The number of nitrogens with two attached hydrogens (primary N) is 1. The topological polar surface area (TPSA) is 60.6 Å². The highest BCUT2D eigenvalue weighted by atomic mass is 16.5. The van der Waals surface area contributed by atoms with E-state index >= 15 is 0 Å². The molecule has 2 N–H and O–H groups in total. The number of nitrogens with zero attached hydrogens (tertiary/aromatic N) is 2.